The Morgan fingerprint density at radius 2 is 2.08 bits per heavy atom. The van der Waals surface area contributed by atoms with Crippen molar-refractivity contribution in [1.29, 1.82) is 0 Å². The highest BCUT2D eigenvalue weighted by atomic mass is 32.2. The fourth-order valence-corrected chi connectivity index (χ4v) is 5.08. The number of carbonyl (C=O) groups excluding carboxylic acids is 1. The first-order chi connectivity index (χ1) is 17.2. The summed E-state index contributed by atoms with van der Waals surface area (Å²) in [4.78, 5) is 13.5. The van der Waals surface area contributed by atoms with Crippen molar-refractivity contribution in [3.05, 3.63) is 82.7 Å². The summed E-state index contributed by atoms with van der Waals surface area (Å²) >= 11 is 0. The third-order valence-electron chi connectivity index (χ3n) is 6.13. The molecule has 0 radical (unpaired) electrons. The quantitative estimate of drug-likeness (QED) is 0.524. The maximum Gasteiger partial charge on any atom is 0.282 e. The minimum atomic E-state index is -3.94. The van der Waals surface area contributed by atoms with E-state index in [1.165, 1.54) is 11.7 Å². The first kappa shape index (κ1) is 24.0. The summed E-state index contributed by atoms with van der Waals surface area (Å²) in [6.07, 6.45) is 6.00. The number of halogens is 2. The van der Waals surface area contributed by atoms with Crippen molar-refractivity contribution in [2.75, 3.05) is 20.0 Å². The molecule has 3 aromatic rings. The Morgan fingerprint density at radius 1 is 1.28 bits per heavy atom. The van der Waals surface area contributed by atoms with Crippen molar-refractivity contribution in [2.45, 2.75) is 19.2 Å². The minimum absolute atomic E-state index is 0.00235. The van der Waals surface area contributed by atoms with Crippen molar-refractivity contribution in [3.8, 4) is 5.75 Å². The molecule has 2 N–H and O–H groups in total. The van der Waals surface area contributed by atoms with Gasteiger partial charge in [-0.05, 0) is 48.2 Å². The Labute approximate surface area is 206 Å². The maximum absolute atomic E-state index is 14.7. The Balaban J connectivity index is 1.85. The van der Waals surface area contributed by atoms with Crippen LogP contribution in [0, 0.1) is 11.6 Å². The highest BCUT2D eigenvalue weighted by Crippen LogP contribution is 2.40. The van der Waals surface area contributed by atoms with Gasteiger partial charge in [-0.2, -0.15) is 0 Å². The number of hydrogen-bond acceptors (Lipinski definition) is 6. The number of amides is 1. The number of hydrogen-bond donors (Lipinski definition) is 2. The maximum atomic E-state index is 14.7. The van der Waals surface area contributed by atoms with E-state index in [1.807, 2.05) is 10.8 Å². The highest BCUT2D eigenvalue weighted by molar-refractivity contribution is 7.89. The average Bonchev–Trinajstić information content (AvgIpc) is 3.41. The molecule has 1 amide bonds. The predicted octanol–water partition coefficient (Wildman–Crippen LogP) is 3.06. The monoisotopic (exact) mass is 515 g/mol. The zero-order chi connectivity index (χ0) is 25.6. The zero-order valence-electron chi connectivity index (χ0n) is 19.5. The lowest BCUT2D eigenvalue weighted by Crippen LogP contribution is -2.34. The molecule has 36 heavy (non-hydrogen) atoms. The molecule has 1 atom stereocenters. The summed E-state index contributed by atoms with van der Waals surface area (Å²) in [7, 11) is -2.45. The molecule has 2 aliphatic rings. The number of benzene rings is 2. The van der Waals surface area contributed by atoms with Gasteiger partial charge in [-0.1, -0.05) is 6.08 Å². The number of fused-ring (bicyclic) bond motifs is 2. The van der Waals surface area contributed by atoms with Gasteiger partial charge in [0, 0.05) is 35.6 Å². The zero-order valence-corrected chi connectivity index (χ0v) is 20.3. The van der Waals surface area contributed by atoms with Crippen molar-refractivity contribution < 1.29 is 31.5 Å². The second-order valence-electron chi connectivity index (χ2n) is 8.59. The third-order valence-corrected chi connectivity index (χ3v) is 6.69. The summed E-state index contributed by atoms with van der Waals surface area (Å²) in [5.74, 6) is -1.56. The summed E-state index contributed by atoms with van der Waals surface area (Å²) in [5.41, 5.74) is 2.35. The van der Waals surface area contributed by atoms with Crippen LogP contribution in [0.1, 0.15) is 27.2 Å². The van der Waals surface area contributed by atoms with Crippen LogP contribution in [-0.4, -0.2) is 45.1 Å². The second-order valence-corrected chi connectivity index (χ2v) is 10.3. The molecule has 11 heteroatoms. The standard InChI is InChI=1S/C25H23F2N3O5S/c1-34-25-17(4-3-8-28-25)22-18-12-21-14(7-9-35-21)11-20(18)30(23(22)24(31)29-36(2,32)33)13-15-10-16(26)5-6-19(15)27/h3-6,8,10-12,25,28H,7,9,13H2,1-2H3,(H,29,31). The van der Waals surface area contributed by atoms with E-state index in [-0.39, 0.29) is 17.8 Å². The van der Waals surface area contributed by atoms with Crippen LogP contribution in [0.2, 0.25) is 0 Å². The van der Waals surface area contributed by atoms with Crippen molar-refractivity contribution in [2.24, 2.45) is 0 Å². The van der Waals surface area contributed by atoms with E-state index in [1.54, 1.807) is 24.4 Å². The number of ether oxygens (including phenoxy) is 2. The lowest BCUT2D eigenvalue weighted by Gasteiger charge is -2.23. The topological polar surface area (TPSA) is 98.7 Å². The Morgan fingerprint density at radius 3 is 2.83 bits per heavy atom. The average molecular weight is 516 g/mol. The summed E-state index contributed by atoms with van der Waals surface area (Å²) in [6.45, 7) is 0.269. The van der Waals surface area contributed by atoms with Gasteiger partial charge in [-0.15, -0.1) is 0 Å². The summed E-state index contributed by atoms with van der Waals surface area (Å²) in [5, 5.41) is 3.63. The SMILES string of the molecule is COC1NC=CC=C1c1c(C(=O)NS(C)(=O)=O)n(Cc2cc(F)ccc2F)c2cc3c(cc12)OCC3. The van der Waals surface area contributed by atoms with Gasteiger partial charge < -0.3 is 19.4 Å². The molecule has 1 unspecified atom stereocenters. The molecule has 1 aromatic heterocycles. The number of nitrogens with zero attached hydrogens (tertiary/aromatic N) is 1. The molecule has 8 nitrogen and oxygen atoms in total. The van der Waals surface area contributed by atoms with Gasteiger partial charge in [-0.25, -0.2) is 21.9 Å². The van der Waals surface area contributed by atoms with Crippen LogP contribution in [0.3, 0.4) is 0 Å². The van der Waals surface area contributed by atoms with E-state index in [0.717, 1.165) is 30.0 Å². The molecular formula is C25H23F2N3O5S. The molecule has 0 fully saturated rings. The fraction of sp³-hybridized carbons (Fsp3) is 0.240. The summed E-state index contributed by atoms with van der Waals surface area (Å²) in [6, 6.07) is 6.70. The van der Waals surface area contributed by atoms with Gasteiger partial charge >= 0.3 is 0 Å². The normalized spacial score (nSPS) is 16.9. The van der Waals surface area contributed by atoms with E-state index in [4.69, 9.17) is 9.47 Å². The smallest absolute Gasteiger partial charge is 0.282 e. The number of nitrogens with one attached hydrogen (secondary N) is 2. The van der Waals surface area contributed by atoms with Crippen LogP contribution in [0.15, 0.2) is 48.7 Å². The van der Waals surface area contributed by atoms with E-state index in [9.17, 15) is 22.0 Å². The lowest BCUT2D eigenvalue weighted by atomic mass is 9.97. The first-order valence-corrected chi connectivity index (χ1v) is 13.0. The number of dihydropyridines is 1. The molecular weight excluding hydrogens is 492 g/mol. The first-order valence-electron chi connectivity index (χ1n) is 11.1. The molecule has 2 aliphatic heterocycles. The van der Waals surface area contributed by atoms with Crippen LogP contribution in [0.4, 0.5) is 8.78 Å². The third kappa shape index (κ3) is 4.35. The van der Waals surface area contributed by atoms with Gasteiger partial charge in [0.15, 0.2) is 6.23 Å². The second kappa shape index (κ2) is 9.07. The Bertz CT molecular complexity index is 1560. The number of sulfonamides is 1. The van der Waals surface area contributed by atoms with Gasteiger partial charge in [0.2, 0.25) is 10.0 Å². The van der Waals surface area contributed by atoms with Crippen molar-refractivity contribution in [1.82, 2.24) is 14.6 Å². The molecule has 0 bridgehead atoms. The molecule has 0 saturated carbocycles. The number of aromatic nitrogens is 1. The van der Waals surface area contributed by atoms with Crippen LogP contribution >= 0.6 is 0 Å². The number of carbonyl (C=O) groups is 1. The number of allylic oxidation sites excluding steroid dienone is 2. The summed E-state index contributed by atoms with van der Waals surface area (Å²) < 4.78 is 67.7. The van der Waals surface area contributed by atoms with Crippen LogP contribution in [0.5, 0.6) is 5.75 Å². The van der Waals surface area contributed by atoms with E-state index in [2.05, 4.69) is 5.32 Å². The molecule has 0 saturated heterocycles. The molecule has 0 aliphatic carbocycles. The molecule has 5 rings (SSSR count). The van der Waals surface area contributed by atoms with Crippen molar-refractivity contribution in [3.63, 3.8) is 0 Å². The molecule has 3 heterocycles. The Hall–Kier alpha value is -3.70. The van der Waals surface area contributed by atoms with Gasteiger partial charge in [0.1, 0.15) is 23.1 Å². The fourth-order valence-electron chi connectivity index (χ4n) is 4.64. The highest BCUT2D eigenvalue weighted by Gasteiger charge is 2.32. The van der Waals surface area contributed by atoms with E-state index < -0.39 is 33.8 Å². The largest absolute Gasteiger partial charge is 0.493 e. The van der Waals surface area contributed by atoms with Crippen LogP contribution in [0.25, 0.3) is 16.5 Å². The van der Waals surface area contributed by atoms with Gasteiger partial charge in [-0.3, -0.25) is 4.79 Å². The van der Waals surface area contributed by atoms with Gasteiger partial charge in [0.05, 0.1) is 24.9 Å². The number of methoxy groups -OCH3 is 1. The van der Waals surface area contributed by atoms with Crippen molar-refractivity contribution >= 4 is 32.4 Å². The van der Waals surface area contributed by atoms with E-state index >= 15 is 0 Å². The molecule has 188 valence electrons. The van der Waals surface area contributed by atoms with Gasteiger partial charge in [0.25, 0.3) is 5.91 Å². The molecule has 0 spiro atoms. The van der Waals surface area contributed by atoms with Crippen LogP contribution in [-0.2, 0) is 27.7 Å². The minimum Gasteiger partial charge on any atom is -0.493 e. The lowest BCUT2D eigenvalue weighted by molar-refractivity contribution is 0.0972. The van der Waals surface area contributed by atoms with Crippen LogP contribution < -0.4 is 14.8 Å². The number of rotatable bonds is 6. The van der Waals surface area contributed by atoms with E-state index in [0.29, 0.717) is 40.8 Å². The Kier molecular flexibility index (Phi) is 6.05. The predicted molar refractivity (Wildman–Crippen MR) is 130 cm³/mol. The molecule has 2 aromatic carbocycles.